The van der Waals surface area contributed by atoms with Gasteiger partial charge in [0.25, 0.3) is 5.91 Å². The van der Waals surface area contributed by atoms with E-state index in [4.69, 9.17) is 27.1 Å². The Balaban J connectivity index is 1.43. The molecule has 0 bridgehead atoms. The first-order valence-electron chi connectivity index (χ1n) is 12.1. The number of methoxy groups -OCH3 is 1. The minimum Gasteiger partial charge on any atom is -0.382 e. The molecule has 0 spiro atoms. The molecule has 1 saturated carbocycles. The average molecular weight is 526 g/mol. The lowest BCUT2D eigenvalue weighted by Gasteiger charge is -2.28. The van der Waals surface area contributed by atoms with Gasteiger partial charge in [-0.1, -0.05) is 29.8 Å². The molecule has 1 aliphatic rings. The average Bonchev–Trinajstić information content (AvgIpc) is 2.88. The van der Waals surface area contributed by atoms with Crippen LogP contribution in [0.5, 0.6) is 0 Å². The minimum atomic E-state index is -0.681. The molecule has 2 aromatic carbocycles. The molecule has 1 aromatic heterocycles. The monoisotopic (exact) mass is 525 g/mol. The number of ether oxygens (including phenoxy) is 1. The molecule has 0 atom stereocenters. The molecule has 4 rings (SSSR count). The van der Waals surface area contributed by atoms with Gasteiger partial charge in [-0.05, 0) is 55.5 Å². The van der Waals surface area contributed by atoms with Crippen molar-refractivity contribution in [3.05, 3.63) is 76.3 Å². The van der Waals surface area contributed by atoms with Crippen LogP contribution in [-0.4, -0.2) is 41.5 Å². The van der Waals surface area contributed by atoms with Gasteiger partial charge in [0.15, 0.2) is 0 Å². The summed E-state index contributed by atoms with van der Waals surface area (Å²) in [6, 6.07) is 11.5. The number of amides is 2. The standard InChI is InChI=1S/C27H29ClFN5O3/c1-37-15-24(35)33-20-8-5-17(6-9-20)23-14-31-26(30)25(34-23)18-7-10-21(22(29)12-18)27(36)32-13-16-3-2-4-19(28)11-16/h2-4,7,10-12,14,17,20H,5-6,8-9,13,15H2,1H3,(H2,30,31)(H,32,36)(H,33,35). The number of carbonyl (C=O) groups is 2. The predicted molar refractivity (Wildman–Crippen MR) is 139 cm³/mol. The summed E-state index contributed by atoms with van der Waals surface area (Å²) in [4.78, 5) is 33.3. The van der Waals surface area contributed by atoms with Gasteiger partial charge in [0.1, 0.15) is 23.9 Å². The van der Waals surface area contributed by atoms with Gasteiger partial charge in [0.05, 0.1) is 17.5 Å². The van der Waals surface area contributed by atoms with Gasteiger partial charge < -0.3 is 21.1 Å². The van der Waals surface area contributed by atoms with Crippen molar-refractivity contribution in [1.29, 1.82) is 0 Å². The van der Waals surface area contributed by atoms with Crippen molar-refractivity contribution in [3.63, 3.8) is 0 Å². The SMILES string of the molecule is COCC(=O)NC1CCC(c2cnc(N)c(-c3ccc(C(=O)NCc4cccc(Cl)c4)c(F)c3)n2)CC1. The van der Waals surface area contributed by atoms with Crippen LogP contribution >= 0.6 is 11.6 Å². The van der Waals surface area contributed by atoms with E-state index in [1.807, 2.05) is 6.07 Å². The summed E-state index contributed by atoms with van der Waals surface area (Å²) in [6.45, 7) is 0.269. The zero-order valence-corrected chi connectivity index (χ0v) is 21.2. The van der Waals surface area contributed by atoms with E-state index in [1.165, 1.54) is 19.2 Å². The first kappa shape index (κ1) is 26.5. The lowest BCUT2D eigenvalue weighted by Crippen LogP contribution is -2.39. The Morgan fingerprint density at radius 3 is 2.65 bits per heavy atom. The Bertz CT molecular complexity index is 1280. The van der Waals surface area contributed by atoms with Crippen LogP contribution in [0.2, 0.25) is 5.02 Å². The van der Waals surface area contributed by atoms with Crippen LogP contribution in [0, 0.1) is 5.82 Å². The fraction of sp³-hybridized carbons (Fsp3) is 0.333. The second kappa shape index (κ2) is 12.1. The lowest BCUT2D eigenvalue weighted by molar-refractivity contribution is -0.125. The highest BCUT2D eigenvalue weighted by Crippen LogP contribution is 2.34. The number of hydrogen-bond acceptors (Lipinski definition) is 6. The Morgan fingerprint density at radius 1 is 1.16 bits per heavy atom. The van der Waals surface area contributed by atoms with Gasteiger partial charge in [-0.3, -0.25) is 9.59 Å². The van der Waals surface area contributed by atoms with Crippen LogP contribution in [-0.2, 0) is 16.1 Å². The van der Waals surface area contributed by atoms with E-state index in [0.29, 0.717) is 16.3 Å². The van der Waals surface area contributed by atoms with E-state index in [2.05, 4.69) is 15.6 Å². The highest BCUT2D eigenvalue weighted by Gasteiger charge is 2.25. The summed E-state index contributed by atoms with van der Waals surface area (Å²) < 4.78 is 19.8. The third kappa shape index (κ3) is 6.81. The normalized spacial score (nSPS) is 17.3. The highest BCUT2D eigenvalue weighted by atomic mass is 35.5. The van der Waals surface area contributed by atoms with Crippen molar-refractivity contribution < 1.29 is 18.7 Å². The van der Waals surface area contributed by atoms with E-state index in [9.17, 15) is 14.0 Å². The van der Waals surface area contributed by atoms with Crippen molar-refractivity contribution >= 4 is 29.2 Å². The van der Waals surface area contributed by atoms with E-state index < -0.39 is 11.7 Å². The van der Waals surface area contributed by atoms with Gasteiger partial charge in [-0.25, -0.2) is 14.4 Å². The molecule has 194 valence electrons. The highest BCUT2D eigenvalue weighted by molar-refractivity contribution is 6.30. The molecule has 3 aromatic rings. The maximum absolute atomic E-state index is 15.0. The summed E-state index contributed by atoms with van der Waals surface area (Å²) >= 11 is 5.97. The molecule has 1 fully saturated rings. The van der Waals surface area contributed by atoms with Crippen LogP contribution in [0.1, 0.15) is 53.2 Å². The number of nitrogens with zero attached hydrogens (tertiary/aromatic N) is 2. The molecule has 8 nitrogen and oxygen atoms in total. The summed E-state index contributed by atoms with van der Waals surface area (Å²) in [6.07, 6.45) is 4.94. The van der Waals surface area contributed by atoms with Gasteiger partial charge in [0.2, 0.25) is 5.91 Å². The Hall–Kier alpha value is -3.56. The molecule has 4 N–H and O–H groups in total. The number of nitrogens with two attached hydrogens (primary N) is 1. The molecule has 0 unspecified atom stereocenters. The maximum atomic E-state index is 15.0. The third-order valence-corrected chi connectivity index (χ3v) is 6.67. The largest absolute Gasteiger partial charge is 0.382 e. The van der Waals surface area contributed by atoms with Gasteiger partial charge >= 0.3 is 0 Å². The number of aromatic nitrogens is 2. The molecule has 1 heterocycles. The maximum Gasteiger partial charge on any atom is 0.254 e. The Kier molecular flexibility index (Phi) is 8.68. The molecule has 0 saturated heterocycles. The van der Waals surface area contributed by atoms with Crippen LogP contribution in [0.25, 0.3) is 11.3 Å². The third-order valence-electron chi connectivity index (χ3n) is 6.43. The van der Waals surface area contributed by atoms with Crippen molar-refractivity contribution in [1.82, 2.24) is 20.6 Å². The second-order valence-corrected chi connectivity index (χ2v) is 9.52. The molecular formula is C27H29ClFN5O3. The first-order valence-corrected chi connectivity index (χ1v) is 12.4. The van der Waals surface area contributed by atoms with Crippen LogP contribution in [0.4, 0.5) is 10.2 Å². The lowest BCUT2D eigenvalue weighted by atomic mass is 9.84. The van der Waals surface area contributed by atoms with E-state index in [1.54, 1.807) is 30.5 Å². The fourth-order valence-corrected chi connectivity index (χ4v) is 4.74. The summed E-state index contributed by atoms with van der Waals surface area (Å²) in [5.74, 6) is -0.999. The zero-order chi connectivity index (χ0) is 26.4. The van der Waals surface area contributed by atoms with Crippen molar-refractivity contribution in [3.8, 4) is 11.3 Å². The van der Waals surface area contributed by atoms with Crippen molar-refractivity contribution in [2.24, 2.45) is 0 Å². The number of rotatable bonds is 8. The molecular weight excluding hydrogens is 497 g/mol. The predicted octanol–water partition coefficient (Wildman–Crippen LogP) is 4.24. The van der Waals surface area contributed by atoms with E-state index >= 15 is 0 Å². The molecule has 0 aliphatic heterocycles. The summed E-state index contributed by atoms with van der Waals surface area (Å²) in [5, 5.41) is 6.24. The number of halogens is 2. The van der Waals surface area contributed by atoms with E-state index in [-0.39, 0.29) is 42.4 Å². The number of nitrogen functional groups attached to an aromatic ring is 1. The van der Waals surface area contributed by atoms with Gasteiger partial charge in [0, 0.05) is 36.2 Å². The number of hydrogen-bond donors (Lipinski definition) is 3. The summed E-state index contributed by atoms with van der Waals surface area (Å²) in [7, 11) is 1.49. The Labute approximate surface area is 219 Å². The minimum absolute atomic E-state index is 0.0473. The molecule has 0 radical (unpaired) electrons. The Morgan fingerprint density at radius 2 is 1.95 bits per heavy atom. The molecule has 10 heteroatoms. The van der Waals surface area contributed by atoms with Gasteiger partial charge in [-0.2, -0.15) is 0 Å². The topological polar surface area (TPSA) is 119 Å². The second-order valence-electron chi connectivity index (χ2n) is 9.09. The molecule has 2 amide bonds. The fourth-order valence-electron chi connectivity index (χ4n) is 4.53. The number of anilines is 1. The van der Waals surface area contributed by atoms with Crippen LogP contribution in [0.3, 0.4) is 0 Å². The quantitative estimate of drug-likeness (QED) is 0.405. The summed E-state index contributed by atoms with van der Waals surface area (Å²) in [5.41, 5.74) is 8.40. The van der Waals surface area contributed by atoms with Crippen molar-refractivity contribution in [2.45, 2.75) is 44.2 Å². The van der Waals surface area contributed by atoms with Gasteiger partial charge in [-0.15, -0.1) is 0 Å². The smallest absolute Gasteiger partial charge is 0.254 e. The van der Waals surface area contributed by atoms with Crippen molar-refractivity contribution in [2.75, 3.05) is 19.5 Å². The molecule has 37 heavy (non-hydrogen) atoms. The number of carbonyl (C=O) groups excluding carboxylic acids is 2. The zero-order valence-electron chi connectivity index (χ0n) is 20.5. The number of benzene rings is 2. The van der Waals surface area contributed by atoms with Crippen LogP contribution in [0.15, 0.2) is 48.7 Å². The number of nitrogens with one attached hydrogen (secondary N) is 2. The molecule has 1 aliphatic carbocycles. The van der Waals surface area contributed by atoms with Crippen LogP contribution < -0.4 is 16.4 Å². The van der Waals surface area contributed by atoms with E-state index in [0.717, 1.165) is 36.9 Å². The first-order chi connectivity index (χ1) is 17.8.